The number of rotatable bonds is 5. The zero-order chi connectivity index (χ0) is 11.0. The lowest BCUT2D eigenvalue weighted by Crippen LogP contribution is -2.04. The largest absolute Gasteiger partial charge is 0.463 e. The van der Waals surface area contributed by atoms with Gasteiger partial charge in [-0.3, -0.25) is 0 Å². The van der Waals surface area contributed by atoms with Crippen LogP contribution < -0.4 is 0 Å². The van der Waals surface area contributed by atoms with E-state index >= 15 is 0 Å². The Morgan fingerprint density at radius 3 is 2.36 bits per heavy atom. The molecule has 0 aromatic carbocycles. The van der Waals surface area contributed by atoms with Gasteiger partial charge in [0.15, 0.2) is 0 Å². The highest BCUT2D eigenvalue weighted by atomic mass is 16.5. The summed E-state index contributed by atoms with van der Waals surface area (Å²) in [5.74, 6) is -0.229. The van der Waals surface area contributed by atoms with Gasteiger partial charge in [-0.1, -0.05) is 31.1 Å². The van der Waals surface area contributed by atoms with E-state index in [0.717, 1.165) is 12.8 Å². The first-order valence-electron chi connectivity index (χ1n) is 5.13. The number of esters is 1. The predicted octanol–water partition coefficient (Wildman–Crippen LogP) is 3.24. The minimum Gasteiger partial charge on any atom is -0.463 e. The fourth-order valence-corrected chi connectivity index (χ4v) is 1.06. The molecular formula is C12H20O2. The van der Waals surface area contributed by atoms with Gasteiger partial charge in [-0.05, 0) is 27.2 Å². The lowest BCUT2D eigenvalue weighted by Gasteiger charge is -2.00. The molecule has 0 aliphatic rings. The van der Waals surface area contributed by atoms with Gasteiger partial charge in [-0.25, -0.2) is 4.79 Å². The van der Waals surface area contributed by atoms with Gasteiger partial charge >= 0.3 is 5.97 Å². The molecule has 0 bridgehead atoms. The minimum atomic E-state index is -0.229. The summed E-state index contributed by atoms with van der Waals surface area (Å²) in [4.78, 5) is 11.2. The van der Waals surface area contributed by atoms with E-state index in [0.29, 0.717) is 12.2 Å². The van der Waals surface area contributed by atoms with E-state index in [9.17, 15) is 4.79 Å². The van der Waals surface area contributed by atoms with E-state index in [1.54, 1.807) is 6.92 Å². The summed E-state index contributed by atoms with van der Waals surface area (Å²) < 4.78 is 4.86. The quantitative estimate of drug-likeness (QED) is 0.383. The van der Waals surface area contributed by atoms with E-state index in [2.05, 4.69) is 13.8 Å². The molecule has 0 amide bonds. The maximum atomic E-state index is 11.2. The van der Waals surface area contributed by atoms with Crippen molar-refractivity contribution < 1.29 is 9.53 Å². The molecule has 0 spiro atoms. The van der Waals surface area contributed by atoms with E-state index < -0.39 is 0 Å². The van der Waals surface area contributed by atoms with Crippen LogP contribution in [0.25, 0.3) is 0 Å². The average Bonchev–Trinajstić information content (AvgIpc) is 2.15. The van der Waals surface area contributed by atoms with Gasteiger partial charge in [0.2, 0.25) is 0 Å². The molecule has 0 saturated heterocycles. The van der Waals surface area contributed by atoms with Crippen molar-refractivity contribution in [2.75, 3.05) is 6.61 Å². The highest BCUT2D eigenvalue weighted by Crippen LogP contribution is 2.05. The molecule has 0 rings (SSSR count). The number of carbonyl (C=O) groups excluding carboxylic acids is 1. The Kier molecular flexibility index (Phi) is 6.81. The molecule has 0 aliphatic heterocycles. The normalized spacial score (nSPS) is 12.9. The van der Waals surface area contributed by atoms with Gasteiger partial charge in [-0.2, -0.15) is 0 Å². The fourth-order valence-electron chi connectivity index (χ4n) is 1.06. The predicted molar refractivity (Wildman–Crippen MR) is 59.1 cm³/mol. The first-order chi connectivity index (χ1) is 6.61. The third-order valence-corrected chi connectivity index (χ3v) is 1.86. The van der Waals surface area contributed by atoms with Crippen LogP contribution in [0.5, 0.6) is 0 Å². The Labute approximate surface area is 86.6 Å². The molecule has 0 aromatic rings. The SMILES string of the molecule is CCCC(C)=CC=C(C)C(=O)OCC. The van der Waals surface area contributed by atoms with Crippen molar-refractivity contribution in [3.05, 3.63) is 23.3 Å². The standard InChI is InChI=1S/C12H20O2/c1-5-7-10(3)8-9-11(4)12(13)14-6-2/h8-9H,5-7H2,1-4H3. The van der Waals surface area contributed by atoms with E-state index in [4.69, 9.17) is 4.74 Å². The van der Waals surface area contributed by atoms with E-state index in [1.807, 2.05) is 19.1 Å². The summed E-state index contributed by atoms with van der Waals surface area (Å²) in [7, 11) is 0. The van der Waals surface area contributed by atoms with E-state index in [1.165, 1.54) is 5.57 Å². The van der Waals surface area contributed by atoms with Crippen molar-refractivity contribution in [1.29, 1.82) is 0 Å². The van der Waals surface area contributed by atoms with Crippen LogP contribution in [0.15, 0.2) is 23.3 Å². The molecule has 0 radical (unpaired) electrons. The smallest absolute Gasteiger partial charge is 0.333 e. The van der Waals surface area contributed by atoms with Crippen molar-refractivity contribution in [3.8, 4) is 0 Å². The molecule has 0 atom stereocenters. The summed E-state index contributed by atoms with van der Waals surface area (Å²) in [6.45, 7) is 8.22. The minimum absolute atomic E-state index is 0.229. The second kappa shape index (κ2) is 7.36. The Morgan fingerprint density at radius 2 is 1.86 bits per heavy atom. The topological polar surface area (TPSA) is 26.3 Å². The van der Waals surface area contributed by atoms with Crippen LogP contribution in [0.2, 0.25) is 0 Å². The Morgan fingerprint density at radius 1 is 1.21 bits per heavy atom. The van der Waals surface area contributed by atoms with Crippen molar-refractivity contribution in [2.45, 2.75) is 40.5 Å². The van der Waals surface area contributed by atoms with Crippen LogP contribution in [-0.4, -0.2) is 12.6 Å². The molecule has 0 unspecified atom stereocenters. The maximum absolute atomic E-state index is 11.2. The first kappa shape index (κ1) is 12.9. The molecule has 0 heterocycles. The Bertz CT molecular complexity index is 237. The van der Waals surface area contributed by atoms with Crippen LogP contribution in [0.1, 0.15) is 40.5 Å². The molecular weight excluding hydrogens is 176 g/mol. The third-order valence-electron chi connectivity index (χ3n) is 1.86. The summed E-state index contributed by atoms with van der Waals surface area (Å²) in [5.41, 5.74) is 1.94. The number of ether oxygens (including phenoxy) is 1. The Hall–Kier alpha value is -1.05. The van der Waals surface area contributed by atoms with Crippen molar-refractivity contribution in [1.82, 2.24) is 0 Å². The van der Waals surface area contributed by atoms with Crippen LogP contribution in [0.4, 0.5) is 0 Å². The summed E-state index contributed by atoms with van der Waals surface area (Å²) >= 11 is 0. The molecule has 2 heteroatoms. The maximum Gasteiger partial charge on any atom is 0.333 e. The number of hydrogen-bond acceptors (Lipinski definition) is 2. The van der Waals surface area contributed by atoms with Gasteiger partial charge in [0.1, 0.15) is 0 Å². The van der Waals surface area contributed by atoms with Gasteiger partial charge in [-0.15, -0.1) is 0 Å². The summed E-state index contributed by atoms with van der Waals surface area (Å²) in [6, 6.07) is 0. The third kappa shape index (κ3) is 5.57. The van der Waals surface area contributed by atoms with Crippen LogP contribution >= 0.6 is 0 Å². The number of allylic oxidation sites excluding steroid dienone is 3. The molecule has 0 fully saturated rings. The van der Waals surface area contributed by atoms with Crippen molar-refractivity contribution >= 4 is 5.97 Å². The molecule has 2 nitrogen and oxygen atoms in total. The molecule has 0 N–H and O–H groups in total. The van der Waals surface area contributed by atoms with Gasteiger partial charge in [0.25, 0.3) is 0 Å². The zero-order valence-corrected chi connectivity index (χ0v) is 9.59. The van der Waals surface area contributed by atoms with Crippen LogP contribution in [0.3, 0.4) is 0 Å². The molecule has 14 heavy (non-hydrogen) atoms. The zero-order valence-electron chi connectivity index (χ0n) is 9.59. The highest BCUT2D eigenvalue weighted by molar-refractivity contribution is 5.88. The summed E-state index contributed by atoms with van der Waals surface area (Å²) in [5, 5.41) is 0. The monoisotopic (exact) mass is 196 g/mol. The first-order valence-corrected chi connectivity index (χ1v) is 5.13. The van der Waals surface area contributed by atoms with Crippen LogP contribution in [-0.2, 0) is 9.53 Å². The fraction of sp³-hybridized carbons (Fsp3) is 0.583. The lowest BCUT2D eigenvalue weighted by molar-refractivity contribution is -0.138. The average molecular weight is 196 g/mol. The Balaban J connectivity index is 4.22. The van der Waals surface area contributed by atoms with Gasteiger partial charge in [0.05, 0.1) is 6.61 Å². The van der Waals surface area contributed by atoms with Crippen LogP contribution in [0, 0.1) is 0 Å². The second-order valence-electron chi connectivity index (χ2n) is 3.33. The van der Waals surface area contributed by atoms with E-state index in [-0.39, 0.29) is 5.97 Å². The molecule has 0 aromatic heterocycles. The second-order valence-corrected chi connectivity index (χ2v) is 3.33. The highest BCUT2D eigenvalue weighted by Gasteiger charge is 2.01. The lowest BCUT2D eigenvalue weighted by atomic mass is 10.1. The molecule has 80 valence electrons. The molecule has 0 aliphatic carbocycles. The number of carbonyl (C=O) groups is 1. The van der Waals surface area contributed by atoms with Crippen molar-refractivity contribution in [2.24, 2.45) is 0 Å². The van der Waals surface area contributed by atoms with Crippen molar-refractivity contribution in [3.63, 3.8) is 0 Å². The van der Waals surface area contributed by atoms with Gasteiger partial charge < -0.3 is 4.74 Å². The summed E-state index contributed by atoms with van der Waals surface area (Å²) in [6.07, 6.45) is 6.01. The van der Waals surface area contributed by atoms with Gasteiger partial charge in [0, 0.05) is 5.57 Å². The molecule has 0 saturated carbocycles. The number of hydrogen-bond donors (Lipinski definition) is 0.